The van der Waals surface area contributed by atoms with E-state index in [1.807, 2.05) is 12.1 Å². The molecule has 3 N–H and O–H groups in total. The number of pyridine rings is 1. The summed E-state index contributed by atoms with van der Waals surface area (Å²) in [7, 11) is 0. The van der Waals surface area contributed by atoms with E-state index in [1.165, 1.54) is 44.9 Å². The first-order valence-electron chi connectivity index (χ1n) is 6.78. The summed E-state index contributed by atoms with van der Waals surface area (Å²) in [6.07, 6.45) is 11.1. The standard InChI is InChI=1S/C14H21N3S/c15-14(18)13-10-12(8-9-16-13)17-11-6-4-2-1-3-5-7-11/h8-11H,1-7H2,(H2,15,18)(H,16,17). The molecule has 1 saturated carbocycles. The highest BCUT2D eigenvalue weighted by atomic mass is 32.1. The molecule has 0 radical (unpaired) electrons. The number of thiocarbonyl (C=S) groups is 1. The Morgan fingerprint density at radius 1 is 1.22 bits per heavy atom. The van der Waals surface area contributed by atoms with Gasteiger partial charge in [-0.2, -0.15) is 0 Å². The Morgan fingerprint density at radius 3 is 2.56 bits per heavy atom. The molecule has 1 fully saturated rings. The lowest BCUT2D eigenvalue weighted by atomic mass is 9.96. The number of nitrogens with one attached hydrogen (secondary N) is 1. The fraction of sp³-hybridized carbons (Fsp3) is 0.571. The Morgan fingerprint density at radius 2 is 1.89 bits per heavy atom. The van der Waals surface area contributed by atoms with Gasteiger partial charge in [0.25, 0.3) is 0 Å². The molecule has 0 amide bonds. The summed E-state index contributed by atoms with van der Waals surface area (Å²) in [5.41, 5.74) is 7.38. The summed E-state index contributed by atoms with van der Waals surface area (Å²) in [5.74, 6) is 0. The molecule has 18 heavy (non-hydrogen) atoms. The second-order valence-electron chi connectivity index (χ2n) is 4.98. The molecule has 3 nitrogen and oxygen atoms in total. The molecule has 0 unspecified atom stereocenters. The predicted octanol–water partition coefficient (Wildman–Crippen LogP) is 3.24. The van der Waals surface area contributed by atoms with Crippen LogP contribution in [0.15, 0.2) is 18.3 Å². The summed E-state index contributed by atoms with van der Waals surface area (Å²) in [4.78, 5) is 4.52. The van der Waals surface area contributed by atoms with E-state index >= 15 is 0 Å². The van der Waals surface area contributed by atoms with Crippen LogP contribution in [0.1, 0.15) is 50.6 Å². The quantitative estimate of drug-likeness (QED) is 0.822. The summed E-state index contributed by atoms with van der Waals surface area (Å²) in [6, 6.07) is 4.51. The van der Waals surface area contributed by atoms with E-state index in [0.29, 0.717) is 16.7 Å². The third-order valence-electron chi connectivity index (χ3n) is 3.49. The first kappa shape index (κ1) is 13.3. The highest BCUT2D eigenvalue weighted by molar-refractivity contribution is 7.80. The highest BCUT2D eigenvalue weighted by Gasteiger charge is 2.11. The van der Waals surface area contributed by atoms with Crippen molar-refractivity contribution in [1.82, 2.24) is 4.98 Å². The monoisotopic (exact) mass is 263 g/mol. The molecule has 2 rings (SSSR count). The van der Waals surface area contributed by atoms with Crippen molar-refractivity contribution >= 4 is 22.9 Å². The van der Waals surface area contributed by atoms with Crippen molar-refractivity contribution in [2.45, 2.75) is 51.0 Å². The third kappa shape index (κ3) is 3.95. The fourth-order valence-corrected chi connectivity index (χ4v) is 2.60. The van der Waals surface area contributed by atoms with Crippen molar-refractivity contribution < 1.29 is 0 Å². The van der Waals surface area contributed by atoms with Gasteiger partial charge in [0, 0.05) is 17.9 Å². The minimum atomic E-state index is 0.358. The van der Waals surface area contributed by atoms with Gasteiger partial charge in [0.2, 0.25) is 0 Å². The number of aromatic nitrogens is 1. The number of nitrogens with zero attached hydrogens (tertiary/aromatic N) is 1. The molecular weight excluding hydrogens is 242 g/mol. The number of rotatable bonds is 3. The summed E-state index contributed by atoms with van der Waals surface area (Å²) in [6.45, 7) is 0. The molecule has 0 saturated heterocycles. The Balaban J connectivity index is 1.98. The van der Waals surface area contributed by atoms with Gasteiger partial charge >= 0.3 is 0 Å². The Hall–Kier alpha value is -1.16. The zero-order valence-electron chi connectivity index (χ0n) is 10.7. The van der Waals surface area contributed by atoms with Gasteiger partial charge in [-0.15, -0.1) is 0 Å². The fourth-order valence-electron chi connectivity index (χ4n) is 2.49. The minimum absolute atomic E-state index is 0.358. The zero-order chi connectivity index (χ0) is 12.8. The number of hydrogen-bond donors (Lipinski definition) is 2. The van der Waals surface area contributed by atoms with Gasteiger partial charge in [-0.3, -0.25) is 4.98 Å². The predicted molar refractivity (Wildman–Crippen MR) is 79.9 cm³/mol. The molecule has 0 atom stereocenters. The third-order valence-corrected chi connectivity index (χ3v) is 3.70. The van der Waals surface area contributed by atoms with Gasteiger partial charge in [-0.1, -0.05) is 44.3 Å². The average Bonchev–Trinajstić information content (AvgIpc) is 2.33. The molecule has 0 bridgehead atoms. The van der Waals surface area contributed by atoms with Gasteiger partial charge < -0.3 is 11.1 Å². The van der Waals surface area contributed by atoms with E-state index in [9.17, 15) is 0 Å². The van der Waals surface area contributed by atoms with E-state index in [-0.39, 0.29) is 0 Å². The van der Waals surface area contributed by atoms with Crippen molar-refractivity contribution in [2.24, 2.45) is 5.73 Å². The van der Waals surface area contributed by atoms with Crippen molar-refractivity contribution in [3.05, 3.63) is 24.0 Å². The van der Waals surface area contributed by atoms with E-state index in [2.05, 4.69) is 10.3 Å². The van der Waals surface area contributed by atoms with Crippen LogP contribution >= 0.6 is 12.2 Å². The van der Waals surface area contributed by atoms with Crippen molar-refractivity contribution in [1.29, 1.82) is 0 Å². The smallest absolute Gasteiger partial charge is 0.122 e. The number of anilines is 1. The van der Waals surface area contributed by atoms with Crippen LogP contribution in [0.5, 0.6) is 0 Å². The van der Waals surface area contributed by atoms with E-state index < -0.39 is 0 Å². The molecule has 1 aliphatic carbocycles. The van der Waals surface area contributed by atoms with E-state index in [1.54, 1.807) is 6.20 Å². The van der Waals surface area contributed by atoms with Gasteiger partial charge in [-0.25, -0.2) is 0 Å². The molecule has 1 aromatic rings. The molecule has 4 heteroatoms. The second-order valence-corrected chi connectivity index (χ2v) is 5.42. The van der Waals surface area contributed by atoms with Crippen molar-refractivity contribution in [3.8, 4) is 0 Å². The molecule has 0 spiro atoms. The first-order valence-corrected chi connectivity index (χ1v) is 7.19. The number of hydrogen-bond acceptors (Lipinski definition) is 3. The molecule has 98 valence electrons. The van der Waals surface area contributed by atoms with Gasteiger partial charge in [0.1, 0.15) is 4.99 Å². The van der Waals surface area contributed by atoms with E-state index in [0.717, 1.165) is 5.69 Å². The zero-order valence-corrected chi connectivity index (χ0v) is 11.5. The van der Waals surface area contributed by atoms with Crippen LogP contribution in [-0.4, -0.2) is 16.0 Å². The maximum Gasteiger partial charge on any atom is 0.122 e. The van der Waals surface area contributed by atoms with Crippen LogP contribution in [0.3, 0.4) is 0 Å². The lowest BCUT2D eigenvalue weighted by Gasteiger charge is -2.22. The summed E-state index contributed by atoms with van der Waals surface area (Å²) >= 11 is 4.95. The van der Waals surface area contributed by atoms with Crippen LogP contribution in [0.25, 0.3) is 0 Å². The molecule has 1 aromatic heterocycles. The largest absolute Gasteiger partial charge is 0.388 e. The normalized spacial score (nSPS) is 17.8. The molecule has 0 aliphatic heterocycles. The molecular formula is C14H21N3S. The first-order chi connectivity index (χ1) is 8.75. The van der Waals surface area contributed by atoms with Crippen LogP contribution < -0.4 is 11.1 Å². The molecule has 1 aliphatic rings. The Kier molecular flexibility index (Phi) is 4.93. The Labute approximate surface area is 114 Å². The van der Waals surface area contributed by atoms with E-state index in [4.69, 9.17) is 18.0 Å². The molecule has 1 heterocycles. The minimum Gasteiger partial charge on any atom is -0.388 e. The summed E-state index contributed by atoms with van der Waals surface area (Å²) in [5, 5.41) is 3.59. The number of nitrogens with two attached hydrogens (primary N) is 1. The SMILES string of the molecule is NC(=S)c1cc(NC2CCCCCCC2)ccn1. The van der Waals surface area contributed by atoms with Gasteiger partial charge in [0.15, 0.2) is 0 Å². The second kappa shape index (κ2) is 6.69. The van der Waals surface area contributed by atoms with Crippen molar-refractivity contribution in [3.63, 3.8) is 0 Å². The lowest BCUT2D eigenvalue weighted by molar-refractivity contribution is 0.471. The van der Waals surface area contributed by atoms with Crippen LogP contribution in [0.2, 0.25) is 0 Å². The van der Waals surface area contributed by atoms with Gasteiger partial charge in [0.05, 0.1) is 5.69 Å². The maximum absolute atomic E-state index is 5.60. The van der Waals surface area contributed by atoms with Crippen LogP contribution in [-0.2, 0) is 0 Å². The highest BCUT2D eigenvalue weighted by Crippen LogP contribution is 2.20. The van der Waals surface area contributed by atoms with Crippen molar-refractivity contribution in [2.75, 3.05) is 5.32 Å². The topological polar surface area (TPSA) is 50.9 Å². The summed E-state index contributed by atoms with van der Waals surface area (Å²) < 4.78 is 0. The average molecular weight is 263 g/mol. The maximum atomic E-state index is 5.60. The lowest BCUT2D eigenvalue weighted by Crippen LogP contribution is -2.21. The van der Waals surface area contributed by atoms with Crippen LogP contribution in [0, 0.1) is 0 Å². The van der Waals surface area contributed by atoms with Gasteiger partial charge in [-0.05, 0) is 25.0 Å². The van der Waals surface area contributed by atoms with Crippen LogP contribution in [0.4, 0.5) is 5.69 Å². The molecule has 0 aromatic carbocycles. The Bertz CT molecular complexity index is 398.